The fourth-order valence-electron chi connectivity index (χ4n) is 3.37. The second-order valence-electron chi connectivity index (χ2n) is 8.10. The zero-order valence-corrected chi connectivity index (χ0v) is 18.8. The number of hydrogen-bond acceptors (Lipinski definition) is 4. The van der Waals surface area contributed by atoms with Gasteiger partial charge in [0.1, 0.15) is 5.75 Å². The zero-order valence-electron chi connectivity index (χ0n) is 18.8. The molecular weight excluding hydrogens is 362 g/mol. The standard InChI is InChI=1S/C25H43NO3/c1-3-5-14-22(4-2)21-29-25(27)15-12-10-8-6-7-9-11-13-20-28-24-18-16-23(26)17-19-24/h16-19,22H,3-15,20-21,26H2,1-2H3. The lowest BCUT2D eigenvalue weighted by Crippen LogP contribution is -2.13. The summed E-state index contributed by atoms with van der Waals surface area (Å²) in [5, 5.41) is 0. The summed E-state index contributed by atoms with van der Waals surface area (Å²) >= 11 is 0. The maximum atomic E-state index is 11.9. The summed E-state index contributed by atoms with van der Waals surface area (Å²) in [6.45, 7) is 5.76. The number of carbonyl (C=O) groups is 1. The highest BCUT2D eigenvalue weighted by Gasteiger charge is 2.09. The minimum atomic E-state index is -0.0129. The van der Waals surface area contributed by atoms with Gasteiger partial charge < -0.3 is 15.2 Å². The minimum absolute atomic E-state index is 0.0129. The highest BCUT2D eigenvalue weighted by atomic mass is 16.5. The van der Waals surface area contributed by atoms with Crippen molar-refractivity contribution in [2.24, 2.45) is 5.92 Å². The molecule has 1 unspecified atom stereocenters. The molecule has 0 aliphatic carbocycles. The summed E-state index contributed by atoms with van der Waals surface area (Å²) < 4.78 is 11.2. The van der Waals surface area contributed by atoms with Crippen LogP contribution in [-0.2, 0) is 9.53 Å². The van der Waals surface area contributed by atoms with Gasteiger partial charge in [-0.1, -0.05) is 71.6 Å². The summed E-state index contributed by atoms with van der Waals surface area (Å²) in [5.74, 6) is 1.42. The van der Waals surface area contributed by atoms with Gasteiger partial charge in [0.15, 0.2) is 0 Å². The summed E-state index contributed by atoms with van der Waals surface area (Å²) in [7, 11) is 0. The molecule has 0 spiro atoms. The van der Waals surface area contributed by atoms with E-state index >= 15 is 0 Å². The van der Waals surface area contributed by atoms with Crippen LogP contribution in [-0.4, -0.2) is 19.2 Å². The Hall–Kier alpha value is -1.71. The number of nitrogen functional groups attached to an aromatic ring is 1. The third kappa shape index (κ3) is 14.0. The Labute approximate surface area is 178 Å². The van der Waals surface area contributed by atoms with Gasteiger partial charge in [-0.25, -0.2) is 0 Å². The van der Waals surface area contributed by atoms with E-state index < -0.39 is 0 Å². The second-order valence-corrected chi connectivity index (χ2v) is 8.10. The molecule has 0 heterocycles. The average molecular weight is 406 g/mol. The summed E-state index contributed by atoms with van der Waals surface area (Å²) in [6, 6.07) is 7.56. The Kier molecular flexibility index (Phi) is 15.0. The number of benzene rings is 1. The molecule has 1 aromatic carbocycles. The van der Waals surface area contributed by atoms with Gasteiger partial charge in [0.2, 0.25) is 0 Å². The van der Waals surface area contributed by atoms with Gasteiger partial charge in [0.05, 0.1) is 13.2 Å². The van der Waals surface area contributed by atoms with E-state index in [1.54, 1.807) is 0 Å². The Morgan fingerprint density at radius 3 is 2.14 bits per heavy atom. The van der Waals surface area contributed by atoms with Gasteiger partial charge in [-0.2, -0.15) is 0 Å². The Bertz CT molecular complexity index is 515. The molecule has 0 aliphatic heterocycles. The molecule has 0 radical (unpaired) electrons. The maximum Gasteiger partial charge on any atom is 0.305 e. The molecule has 0 aliphatic rings. The lowest BCUT2D eigenvalue weighted by molar-refractivity contribution is -0.145. The van der Waals surface area contributed by atoms with Crippen LogP contribution in [0.4, 0.5) is 5.69 Å². The second kappa shape index (κ2) is 17.2. The summed E-state index contributed by atoms with van der Waals surface area (Å²) in [5.41, 5.74) is 6.43. The van der Waals surface area contributed by atoms with Crippen molar-refractivity contribution >= 4 is 11.7 Å². The van der Waals surface area contributed by atoms with Crippen LogP contribution in [0.3, 0.4) is 0 Å². The first-order valence-corrected chi connectivity index (χ1v) is 11.8. The van der Waals surface area contributed by atoms with E-state index in [-0.39, 0.29) is 5.97 Å². The van der Waals surface area contributed by atoms with Crippen LogP contribution in [0.15, 0.2) is 24.3 Å². The fraction of sp³-hybridized carbons (Fsp3) is 0.720. The molecule has 4 heteroatoms. The van der Waals surface area contributed by atoms with Gasteiger partial charge in [-0.15, -0.1) is 0 Å². The first-order chi connectivity index (χ1) is 14.2. The van der Waals surface area contributed by atoms with Crippen LogP contribution < -0.4 is 10.5 Å². The van der Waals surface area contributed by atoms with E-state index in [0.29, 0.717) is 18.9 Å². The molecule has 2 N–H and O–H groups in total. The molecule has 1 rings (SSSR count). The van der Waals surface area contributed by atoms with Crippen LogP contribution in [0, 0.1) is 5.92 Å². The zero-order chi connectivity index (χ0) is 21.2. The predicted octanol–water partition coefficient (Wildman–Crippen LogP) is 6.92. The normalized spacial score (nSPS) is 11.9. The first kappa shape index (κ1) is 25.3. The van der Waals surface area contributed by atoms with Crippen molar-refractivity contribution in [3.05, 3.63) is 24.3 Å². The average Bonchev–Trinajstić information content (AvgIpc) is 2.73. The number of ether oxygens (including phenoxy) is 2. The molecule has 0 amide bonds. The topological polar surface area (TPSA) is 61.5 Å². The quantitative estimate of drug-likeness (QED) is 0.164. The van der Waals surface area contributed by atoms with Crippen LogP contribution in [0.1, 0.15) is 97.3 Å². The number of hydrogen-bond donors (Lipinski definition) is 1. The van der Waals surface area contributed by atoms with E-state index in [9.17, 15) is 4.79 Å². The van der Waals surface area contributed by atoms with Crippen molar-refractivity contribution < 1.29 is 14.3 Å². The van der Waals surface area contributed by atoms with Crippen molar-refractivity contribution in [2.75, 3.05) is 18.9 Å². The molecule has 1 aromatic rings. The molecule has 166 valence electrons. The van der Waals surface area contributed by atoms with Crippen LogP contribution in [0.25, 0.3) is 0 Å². The highest BCUT2D eigenvalue weighted by Crippen LogP contribution is 2.15. The predicted molar refractivity (Wildman–Crippen MR) is 122 cm³/mol. The van der Waals surface area contributed by atoms with Gasteiger partial charge in [-0.05, 0) is 49.4 Å². The molecule has 29 heavy (non-hydrogen) atoms. The first-order valence-electron chi connectivity index (χ1n) is 11.8. The van der Waals surface area contributed by atoms with Crippen LogP contribution >= 0.6 is 0 Å². The van der Waals surface area contributed by atoms with E-state index in [1.807, 2.05) is 24.3 Å². The SMILES string of the molecule is CCCCC(CC)COC(=O)CCCCCCCCCCOc1ccc(N)cc1. The van der Waals surface area contributed by atoms with Crippen molar-refractivity contribution in [2.45, 2.75) is 97.3 Å². The highest BCUT2D eigenvalue weighted by molar-refractivity contribution is 5.69. The van der Waals surface area contributed by atoms with E-state index in [4.69, 9.17) is 15.2 Å². The lowest BCUT2D eigenvalue weighted by atomic mass is 10.0. The monoisotopic (exact) mass is 405 g/mol. The number of unbranched alkanes of at least 4 members (excludes halogenated alkanes) is 8. The molecule has 1 atom stereocenters. The maximum absolute atomic E-state index is 11.9. The third-order valence-electron chi connectivity index (χ3n) is 5.45. The minimum Gasteiger partial charge on any atom is -0.494 e. The van der Waals surface area contributed by atoms with Crippen molar-refractivity contribution in [1.82, 2.24) is 0 Å². The van der Waals surface area contributed by atoms with Gasteiger partial charge in [0, 0.05) is 12.1 Å². The molecule has 0 aromatic heterocycles. The molecule has 0 saturated carbocycles. The van der Waals surface area contributed by atoms with E-state index in [1.165, 1.54) is 51.4 Å². The fourth-order valence-corrected chi connectivity index (χ4v) is 3.37. The van der Waals surface area contributed by atoms with Crippen LogP contribution in [0.5, 0.6) is 5.75 Å². The molecular formula is C25H43NO3. The lowest BCUT2D eigenvalue weighted by Gasteiger charge is -2.14. The number of carbonyl (C=O) groups excluding carboxylic acids is 1. The largest absolute Gasteiger partial charge is 0.494 e. The smallest absolute Gasteiger partial charge is 0.305 e. The molecule has 0 saturated heterocycles. The molecule has 4 nitrogen and oxygen atoms in total. The van der Waals surface area contributed by atoms with Crippen molar-refractivity contribution in [3.63, 3.8) is 0 Å². The van der Waals surface area contributed by atoms with Gasteiger partial charge in [0.25, 0.3) is 0 Å². The van der Waals surface area contributed by atoms with E-state index in [2.05, 4.69) is 13.8 Å². The third-order valence-corrected chi connectivity index (χ3v) is 5.45. The van der Waals surface area contributed by atoms with Crippen molar-refractivity contribution in [1.29, 1.82) is 0 Å². The Morgan fingerprint density at radius 2 is 1.52 bits per heavy atom. The summed E-state index contributed by atoms with van der Waals surface area (Å²) in [6.07, 6.45) is 14.7. The number of rotatable bonds is 18. The molecule has 0 bridgehead atoms. The molecule has 0 fully saturated rings. The number of anilines is 1. The number of nitrogens with two attached hydrogens (primary N) is 1. The van der Waals surface area contributed by atoms with Gasteiger partial charge >= 0.3 is 5.97 Å². The van der Waals surface area contributed by atoms with Gasteiger partial charge in [-0.3, -0.25) is 4.79 Å². The Morgan fingerprint density at radius 1 is 0.897 bits per heavy atom. The number of esters is 1. The summed E-state index contributed by atoms with van der Waals surface area (Å²) in [4.78, 5) is 11.9. The van der Waals surface area contributed by atoms with Crippen molar-refractivity contribution in [3.8, 4) is 5.75 Å². The van der Waals surface area contributed by atoms with E-state index in [0.717, 1.165) is 43.7 Å². The Balaban J connectivity index is 1.86. The van der Waals surface area contributed by atoms with Crippen LogP contribution in [0.2, 0.25) is 0 Å².